The molecule has 5 unspecified atom stereocenters. The number of nitrogens with zero attached hydrogens (tertiary/aromatic N) is 5. The second kappa shape index (κ2) is 27.2. The zero-order valence-electron chi connectivity index (χ0n) is 37.4. The van der Waals surface area contributed by atoms with E-state index in [4.69, 9.17) is 9.47 Å². The van der Waals surface area contributed by atoms with Gasteiger partial charge in [-0.3, -0.25) is 48.3 Å². The molecule has 1 aromatic rings. The third kappa shape index (κ3) is 18.7. The van der Waals surface area contributed by atoms with Crippen LogP contribution in [0.2, 0.25) is 0 Å². The highest BCUT2D eigenvalue weighted by molar-refractivity contribution is 8.00. The third-order valence-electron chi connectivity index (χ3n) is 11.5. The van der Waals surface area contributed by atoms with Gasteiger partial charge in [-0.15, -0.1) is 0 Å². The first kappa shape index (κ1) is 53.1. The predicted octanol–water partition coefficient (Wildman–Crippen LogP) is -1.24. The molecule has 7 N–H and O–H groups in total. The monoisotopic (exact) mass is 949 g/mol. The Kier molecular flexibility index (Phi) is 21.8. The molecule has 0 aliphatic carbocycles. The molecule has 4 rings (SSSR count). The van der Waals surface area contributed by atoms with Crippen LogP contribution in [0.4, 0.5) is 10.5 Å². The third-order valence-corrected chi connectivity index (χ3v) is 13.0. The second-order valence-electron chi connectivity index (χ2n) is 16.7. The van der Waals surface area contributed by atoms with Gasteiger partial charge in [0.2, 0.25) is 17.7 Å². The summed E-state index contributed by atoms with van der Waals surface area (Å²) in [6, 6.07) is 4.75. The van der Waals surface area contributed by atoms with Gasteiger partial charge >= 0.3 is 29.9 Å². The van der Waals surface area contributed by atoms with E-state index in [2.05, 4.69) is 21.3 Å². The van der Waals surface area contributed by atoms with Gasteiger partial charge < -0.3 is 55.9 Å². The van der Waals surface area contributed by atoms with Crippen molar-refractivity contribution in [2.45, 2.75) is 74.4 Å². The number of thioether (sulfide) groups is 1. The van der Waals surface area contributed by atoms with Crippen LogP contribution in [-0.2, 0) is 54.3 Å². The minimum atomic E-state index is -1.60. The molecular weight excluding hydrogens is 887 g/mol. The summed E-state index contributed by atoms with van der Waals surface area (Å²) in [5.74, 6) is -5.18. The number of fused-ring (bicyclic) bond motifs is 1. The Balaban J connectivity index is 1.22. The van der Waals surface area contributed by atoms with Gasteiger partial charge in [0.25, 0.3) is 6.47 Å². The Hall–Kier alpha value is -5.56. The van der Waals surface area contributed by atoms with Crippen LogP contribution in [0.25, 0.3) is 0 Å². The molecule has 0 aromatic heterocycles. The van der Waals surface area contributed by atoms with E-state index in [0.717, 1.165) is 24.2 Å². The van der Waals surface area contributed by atoms with Crippen molar-refractivity contribution < 1.29 is 67.9 Å². The molecule has 3 fully saturated rings. The van der Waals surface area contributed by atoms with Crippen molar-refractivity contribution in [2.24, 2.45) is 0 Å². The number of nitrogens with one attached hydrogen (secondary N) is 4. The summed E-state index contributed by atoms with van der Waals surface area (Å²) in [7, 11) is 3.34. The molecule has 23 nitrogen and oxygen atoms in total. The Labute approximate surface area is 387 Å². The Bertz CT molecular complexity index is 1840. The molecule has 24 heteroatoms. The zero-order valence-corrected chi connectivity index (χ0v) is 38.2. The zero-order chi connectivity index (χ0) is 48.2. The summed E-state index contributed by atoms with van der Waals surface area (Å²) in [5.41, 5.74) is 1.18. The highest BCUT2D eigenvalue weighted by Gasteiger charge is 2.42. The van der Waals surface area contributed by atoms with Crippen molar-refractivity contribution in [3.05, 3.63) is 29.8 Å². The molecule has 66 heavy (non-hydrogen) atoms. The van der Waals surface area contributed by atoms with Crippen molar-refractivity contribution in [3.8, 4) is 0 Å². The molecule has 3 heterocycles. The van der Waals surface area contributed by atoms with Gasteiger partial charge in [0, 0.05) is 88.4 Å². The lowest BCUT2D eigenvalue weighted by atomic mass is 10.0. The average molecular weight is 950 g/mol. The Morgan fingerprint density at radius 1 is 0.894 bits per heavy atom. The number of aliphatic carboxylic acids is 3. The fraction of sp³-hybridized carbons (Fsp3) is 0.643. The van der Waals surface area contributed by atoms with Gasteiger partial charge in [-0.1, -0.05) is 18.6 Å². The van der Waals surface area contributed by atoms with Gasteiger partial charge in [-0.25, -0.2) is 9.59 Å². The molecule has 3 saturated heterocycles. The summed E-state index contributed by atoms with van der Waals surface area (Å²) in [4.78, 5) is 117. The molecule has 1 aromatic carbocycles. The number of ether oxygens (including phenoxy) is 2. The summed E-state index contributed by atoms with van der Waals surface area (Å²) in [5, 5.41) is 40.2. The summed E-state index contributed by atoms with van der Waals surface area (Å²) in [6.07, 6.45) is 1.98. The molecule has 0 bridgehead atoms. The fourth-order valence-electron chi connectivity index (χ4n) is 7.84. The number of rotatable bonds is 24. The minimum absolute atomic E-state index is 0.0309. The Morgan fingerprint density at radius 3 is 2.27 bits per heavy atom. The lowest BCUT2D eigenvalue weighted by Crippen LogP contribution is -2.52. The van der Waals surface area contributed by atoms with E-state index in [0.29, 0.717) is 57.7 Å². The maximum Gasteiger partial charge on any atom is 0.329 e. The highest BCUT2D eigenvalue weighted by Crippen LogP contribution is 2.33. The van der Waals surface area contributed by atoms with E-state index in [1.807, 2.05) is 16.8 Å². The highest BCUT2D eigenvalue weighted by atomic mass is 32.2. The van der Waals surface area contributed by atoms with Gasteiger partial charge in [0.1, 0.15) is 13.3 Å². The standard InChI is InChI=1S/C42H63N9O14S/c1-47-13-15-49(26-64-27-52)17-18-51(23-38(58)59)30(20-50(16-14-47)22-37(56)57)19-28-7-9-29(10-8-28)43-34(53)11-12-39(60)65-24-31(41(61)62)44-35(54)21-48(2)36(55)6-4-3-5-33-40-32(25-66-33)45-42(63)46-40/h7-10,27,30-33,40H,3-6,11-26H2,1-2H3,(H,43,53)(H,44,54)(H,56,57)(H,58,59)(H,61,62)(H2,45,46,63). The number of benzene rings is 1. The van der Waals surface area contributed by atoms with Crippen molar-refractivity contribution in [1.29, 1.82) is 0 Å². The minimum Gasteiger partial charge on any atom is -0.480 e. The van der Waals surface area contributed by atoms with E-state index in [-0.39, 0.29) is 75.0 Å². The van der Waals surface area contributed by atoms with Crippen LogP contribution in [0.15, 0.2) is 24.3 Å². The number of hydrogen-bond acceptors (Lipinski definition) is 16. The number of urea groups is 1. The number of amides is 5. The maximum absolute atomic E-state index is 12.8. The van der Waals surface area contributed by atoms with Gasteiger partial charge in [-0.05, 0) is 44.0 Å². The molecule has 3 aliphatic rings. The first-order valence-electron chi connectivity index (χ1n) is 21.8. The smallest absolute Gasteiger partial charge is 0.329 e. The number of carboxylic acid groups (broad SMARTS) is 3. The van der Waals surface area contributed by atoms with E-state index < -0.39 is 67.3 Å². The number of carboxylic acids is 3. The fourth-order valence-corrected chi connectivity index (χ4v) is 9.38. The van der Waals surface area contributed by atoms with Crippen molar-refractivity contribution in [1.82, 2.24) is 40.4 Å². The number of likely N-dealkylation sites (N-methyl/N-ethyl adjacent to an activating group) is 2. The lowest BCUT2D eigenvalue weighted by Gasteiger charge is -2.37. The molecule has 0 spiro atoms. The van der Waals surface area contributed by atoms with Crippen LogP contribution in [0, 0.1) is 0 Å². The van der Waals surface area contributed by atoms with Gasteiger partial charge in [0.05, 0.1) is 38.1 Å². The van der Waals surface area contributed by atoms with Gasteiger partial charge in [-0.2, -0.15) is 11.8 Å². The SMILES string of the molecule is CN1CCN(COC=O)CCN(CC(=O)O)C(Cc2ccc(NC(=O)CCC(=O)OCC(NC(=O)CN(C)C(=O)CCCCC3SCC4NC(=O)NC43)C(=O)O)cc2)CN(CC(=O)O)CC1. The lowest BCUT2D eigenvalue weighted by molar-refractivity contribution is -0.151. The van der Waals surface area contributed by atoms with Crippen LogP contribution in [0.5, 0.6) is 0 Å². The van der Waals surface area contributed by atoms with E-state index in [9.17, 15) is 58.5 Å². The van der Waals surface area contributed by atoms with Crippen LogP contribution in [0.1, 0.15) is 44.1 Å². The summed E-state index contributed by atoms with van der Waals surface area (Å²) < 4.78 is 10.1. The van der Waals surface area contributed by atoms with Crippen molar-refractivity contribution in [3.63, 3.8) is 0 Å². The number of anilines is 1. The molecule has 3 aliphatic heterocycles. The quantitative estimate of drug-likeness (QED) is 0.0276. The number of carbonyl (C=O) groups is 9. The molecule has 5 atom stereocenters. The average Bonchev–Trinajstić information content (AvgIpc) is 3.82. The van der Waals surface area contributed by atoms with Crippen LogP contribution in [-0.4, -0.2) is 222 Å². The first-order valence-corrected chi connectivity index (χ1v) is 22.9. The molecule has 366 valence electrons. The molecule has 0 radical (unpaired) electrons. The molecule has 0 saturated carbocycles. The normalized spacial score (nSPS) is 21.4. The Morgan fingerprint density at radius 2 is 1.59 bits per heavy atom. The topological polar surface area (TPSA) is 297 Å². The molecule has 5 amide bonds. The van der Waals surface area contributed by atoms with Crippen LogP contribution >= 0.6 is 11.8 Å². The number of hydrogen-bond donors (Lipinski definition) is 7. The van der Waals surface area contributed by atoms with Crippen LogP contribution in [0.3, 0.4) is 0 Å². The maximum atomic E-state index is 12.8. The van der Waals surface area contributed by atoms with Gasteiger partial charge in [0.15, 0.2) is 6.04 Å². The number of carbonyl (C=O) groups excluding carboxylic acids is 6. The molecular formula is C42H63N9O14S. The predicted molar refractivity (Wildman–Crippen MR) is 238 cm³/mol. The van der Waals surface area contributed by atoms with Crippen molar-refractivity contribution in [2.75, 3.05) is 104 Å². The second-order valence-corrected chi connectivity index (χ2v) is 17.9. The van der Waals surface area contributed by atoms with E-state index in [1.165, 1.54) is 11.9 Å². The number of esters is 1. The summed E-state index contributed by atoms with van der Waals surface area (Å²) >= 11 is 1.78. The van der Waals surface area contributed by atoms with E-state index in [1.54, 1.807) is 45.8 Å². The van der Waals surface area contributed by atoms with E-state index >= 15 is 0 Å². The van der Waals surface area contributed by atoms with Crippen LogP contribution < -0.4 is 21.3 Å². The summed E-state index contributed by atoms with van der Waals surface area (Å²) in [6.45, 7) is 1.72. The largest absolute Gasteiger partial charge is 0.480 e. The van der Waals surface area contributed by atoms with Crippen molar-refractivity contribution >= 4 is 71.6 Å². The first-order chi connectivity index (χ1) is 31.5. The number of unbranched alkanes of at least 4 members (excludes halogenated alkanes) is 1.